The maximum atomic E-state index is 10.7. The molecule has 1 aromatic rings. The van der Waals surface area contributed by atoms with E-state index in [1.165, 1.54) is 6.07 Å². The lowest BCUT2D eigenvalue weighted by Crippen LogP contribution is -2.35. The number of hydrogen-bond donors (Lipinski definition) is 2. The first-order chi connectivity index (χ1) is 8.13. The van der Waals surface area contributed by atoms with E-state index in [1.54, 1.807) is 12.3 Å². The van der Waals surface area contributed by atoms with Gasteiger partial charge in [0.05, 0.1) is 24.5 Å². The summed E-state index contributed by atoms with van der Waals surface area (Å²) in [7, 11) is 0. The van der Waals surface area contributed by atoms with Crippen LogP contribution in [0.2, 0.25) is 0 Å². The average Bonchev–Trinajstić information content (AvgIpc) is 2.70. The number of anilines is 1. The number of hydrogen-bond acceptors (Lipinski definition) is 4. The highest BCUT2D eigenvalue weighted by molar-refractivity contribution is 5.85. The van der Waals surface area contributed by atoms with Crippen molar-refractivity contribution in [3.8, 4) is 0 Å². The first kappa shape index (κ1) is 11.9. The summed E-state index contributed by atoms with van der Waals surface area (Å²) in [6, 6.07) is 3.35. The highest BCUT2D eigenvalue weighted by Gasteiger charge is 2.30. The molecule has 5 heteroatoms. The second kappa shape index (κ2) is 4.71. The topological polar surface area (TPSA) is 73.7 Å². The van der Waals surface area contributed by atoms with Gasteiger partial charge in [0.15, 0.2) is 0 Å². The zero-order valence-corrected chi connectivity index (χ0v) is 9.71. The lowest BCUT2D eigenvalue weighted by molar-refractivity contribution is 0.0690. The Labute approximate surface area is 99.7 Å². The average molecular weight is 236 g/mol. The van der Waals surface area contributed by atoms with Crippen LogP contribution in [0.25, 0.3) is 0 Å². The molecule has 0 aromatic carbocycles. The summed E-state index contributed by atoms with van der Waals surface area (Å²) in [6.07, 6.45) is 2.59. The van der Waals surface area contributed by atoms with Gasteiger partial charge in [-0.15, -0.1) is 0 Å². The molecule has 1 aliphatic rings. The fourth-order valence-corrected chi connectivity index (χ4v) is 2.29. The van der Waals surface area contributed by atoms with Crippen LogP contribution in [-0.4, -0.2) is 40.4 Å². The summed E-state index contributed by atoms with van der Waals surface area (Å²) >= 11 is 0. The monoisotopic (exact) mass is 236 g/mol. The molecular weight excluding hydrogens is 220 g/mol. The predicted octanol–water partition coefficient (Wildman–Crippen LogP) is 0.987. The highest BCUT2D eigenvalue weighted by Crippen LogP contribution is 2.28. The normalized spacial score (nSPS) is 24.0. The van der Waals surface area contributed by atoms with E-state index in [-0.39, 0.29) is 18.3 Å². The standard InChI is InChI=1S/C12H16N2O3/c1-8-4-5-14(11(8)7-15)9-2-3-10(12(16)17)13-6-9/h2-3,6,8,11,15H,4-5,7H2,1H3,(H,16,17). The Morgan fingerprint density at radius 1 is 1.59 bits per heavy atom. The van der Waals surface area contributed by atoms with Crippen molar-refractivity contribution in [3.63, 3.8) is 0 Å². The van der Waals surface area contributed by atoms with Crippen molar-refractivity contribution < 1.29 is 15.0 Å². The summed E-state index contributed by atoms with van der Waals surface area (Å²) in [5.41, 5.74) is 0.917. The Kier molecular flexibility index (Phi) is 3.28. The third-order valence-electron chi connectivity index (χ3n) is 3.37. The van der Waals surface area contributed by atoms with Gasteiger partial charge in [-0.05, 0) is 24.5 Å². The van der Waals surface area contributed by atoms with Crippen molar-refractivity contribution in [2.24, 2.45) is 5.92 Å². The Morgan fingerprint density at radius 3 is 2.88 bits per heavy atom. The second-order valence-corrected chi connectivity index (χ2v) is 4.42. The van der Waals surface area contributed by atoms with Gasteiger partial charge in [-0.1, -0.05) is 6.92 Å². The quantitative estimate of drug-likeness (QED) is 0.818. The van der Waals surface area contributed by atoms with Crippen LogP contribution in [0.1, 0.15) is 23.8 Å². The van der Waals surface area contributed by atoms with Crippen LogP contribution in [0.4, 0.5) is 5.69 Å². The molecular formula is C12H16N2O3. The maximum Gasteiger partial charge on any atom is 0.354 e. The van der Waals surface area contributed by atoms with Gasteiger partial charge >= 0.3 is 5.97 Å². The van der Waals surface area contributed by atoms with Crippen LogP contribution in [0.5, 0.6) is 0 Å². The third-order valence-corrected chi connectivity index (χ3v) is 3.37. The van der Waals surface area contributed by atoms with Crippen LogP contribution >= 0.6 is 0 Å². The van der Waals surface area contributed by atoms with Gasteiger partial charge in [0.25, 0.3) is 0 Å². The number of nitrogens with zero attached hydrogens (tertiary/aromatic N) is 2. The van der Waals surface area contributed by atoms with Crippen LogP contribution < -0.4 is 4.90 Å². The lowest BCUT2D eigenvalue weighted by Gasteiger charge is -2.26. The largest absolute Gasteiger partial charge is 0.477 e. The van der Waals surface area contributed by atoms with Gasteiger partial charge in [0.1, 0.15) is 5.69 Å². The van der Waals surface area contributed by atoms with E-state index in [1.807, 2.05) is 0 Å². The number of carboxylic acid groups (broad SMARTS) is 1. The van der Waals surface area contributed by atoms with Gasteiger partial charge in [-0.2, -0.15) is 0 Å². The zero-order chi connectivity index (χ0) is 12.4. The van der Waals surface area contributed by atoms with Crippen LogP contribution in [0.3, 0.4) is 0 Å². The summed E-state index contributed by atoms with van der Waals surface area (Å²) in [5.74, 6) is -0.579. The zero-order valence-electron chi connectivity index (χ0n) is 9.71. The molecule has 17 heavy (non-hydrogen) atoms. The summed E-state index contributed by atoms with van der Waals surface area (Å²) in [5, 5.41) is 18.1. The minimum atomic E-state index is -1.02. The van der Waals surface area contributed by atoms with Crippen molar-refractivity contribution >= 4 is 11.7 Å². The predicted molar refractivity (Wildman–Crippen MR) is 63.2 cm³/mol. The second-order valence-electron chi connectivity index (χ2n) is 4.42. The lowest BCUT2D eigenvalue weighted by atomic mass is 10.0. The molecule has 1 aromatic heterocycles. The van der Waals surface area contributed by atoms with Crippen molar-refractivity contribution in [1.82, 2.24) is 4.98 Å². The Bertz CT molecular complexity index is 405. The van der Waals surface area contributed by atoms with E-state index < -0.39 is 5.97 Å². The van der Waals surface area contributed by atoms with E-state index in [4.69, 9.17) is 5.11 Å². The van der Waals surface area contributed by atoms with Crippen molar-refractivity contribution in [2.75, 3.05) is 18.1 Å². The van der Waals surface area contributed by atoms with Crippen molar-refractivity contribution in [1.29, 1.82) is 0 Å². The number of aliphatic hydroxyl groups is 1. The number of carboxylic acids is 1. The third kappa shape index (κ3) is 2.24. The molecule has 1 saturated heterocycles. The molecule has 2 N–H and O–H groups in total. The molecule has 0 bridgehead atoms. The van der Waals surface area contributed by atoms with Gasteiger partial charge in [0, 0.05) is 6.54 Å². The van der Waals surface area contributed by atoms with Crippen LogP contribution in [0, 0.1) is 5.92 Å². The number of aromatic nitrogens is 1. The molecule has 2 atom stereocenters. The SMILES string of the molecule is CC1CCN(c2ccc(C(=O)O)nc2)C1CO. The fourth-order valence-electron chi connectivity index (χ4n) is 2.29. The van der Waals surface area contributed by atoms with Gasteiger partial charge in [0.2, 0.25) is 0 Å². The van der Waals surface area contributed by atoms with Crippen LogP contribution in [-0.2, 0) is 0 Å². The smallest absolute Gasteiger partial charge is 0.354 e. The van der Waals surface area contributed by atoms with E-state index >= 15 is 0 Å². The van der Waals surface area contributed by atoms with Gasteiger partial charge in [-0.25, -0.2) is 9.78 Å². The first-order valence-electron chi connectivity index (χ1n) is 5.70. The highest BCUT2D eigenvalue weighted by atomic mass is 16.4. The van der Waals surface area contributed by atoms with Gasteiger partial charge < -0.3 is 15.1 Å². The van der Waals surface area contributed by atoms with E-state index in [2.05, 4.69) is 16.8 Å². The van der Waals surface area contributed by atoms with E-state index in [0.717, 1.165) is 18.7 Å². The molecule has 0 amide bonds. The van der Waals surface area contributed by atoms with E-state index in [0.29, 0.717) is 5.92 Å². The number of aromatic carboxylic acids is 1. The Balaban J connectivity index is 2.20. The summed E-state index contributed by atoms with van der Waals surface area (Å²) in [4.78, 5) is 16.7. The fraction of sp³-hybridized carbons (Fsp3) is 0.500. The molecule has 1 fully saturated rings. The van der Waals surface area contributed by atoms with Crippen molar-refractivity contribution in [2.45, 2.75) is 19.4 Å². The molecule has 2 rings (SSSR count). The minimum absolute atomic E-state index is 0.0431. The number of carbonyl (C=O) groups is 1. The number of aliphatic hydroxyl groups excluding tert-OH is 1. The minimum Gasteiger partial charge on any atom is -0.477 e. The van der Waals surface area contributed by atoms with Crippen LogP contribution in [0.15, 0.2) is 18.3 Å². The molecule has 2 unspecified atom stereocenters. The van der Waals surface area contributed by atoms with E-state index in [9.17, 15) is 9.90 Å². The molecule has 2 heterocycles. The first-order valence-corrected chi connectivity index (χ1v) is 5.70. The Hall–Kier alpha value is -1.62. The molecule has 0 spiro atoms. The van der Waals surface area contributed by atoms with Gasteiger partial charge in [-0.3, -0.25) is 0 Å². The molecule has 1 aliphatic heterocycles. The summed E-state index contributed by atoms with van der Waals surface area (Å²) in [6.45, 7) is 3.10. The molecule has 92 valence electrons. The molecule has 0 aliphatic carbocycles. The molecule has 0 radical (unpaired) electrons. The summed E-state index contributed by atoms with van der Waals surface area (Å²) < 4.78 is 0. The van der Waals surface area contributed by atoms with Crippen molar-refractivity contribution in [3.05, 3.63) is 24.0 Å². The maximum absolute atomic E-state index is 10.7. The molecule has 5 nitrogen and oxygen atoms in total. The number of rotatable bonds is 3. The number of pyridine rings is 1. The Morgan fingerprint density at radius 2 is 2.35 bits per heavy atom. The molecule has 0 saturated carbocycles.